The van der Waals surface area contributed by atoms with Gasteiger partial charge in [-0.05, 0) is 24.7 Å². The Morgan fingerprint density at radius 2 is 1.90 bits per heavy atom. The molecule has 3 N–H and O–H groups in total. The third-order valence-electron chi connectivity index (χ3n) is 4.91. The number of unbranched alkanes of at least 4 members (excludes halogenated alkanes) is 2. The van der Waals surface area contributed by atoms with Gasteiger partial charge in [0.25, 0.3) is 5.56 Å². The van der Waals surface area contributed by atoms with Crippen molar-refractivity contribution in [2.24, 2.45) is 0 Å². The highest BCUT2D eigenvalue weighted by Gasteiger charge is 2.25. The first-order valence-electron chi connectivity index (χ1n) is 10.6. The predicted molar refractivity (Wildman–Crippen MR) is 127 cm³/mol. The number of amides is 1. The van der Waals surface area contributed by atoms with Gasteiger partial charge in [-0.3, -0.25) is 24.0 Å². The van der Waals surface area contributed by atoms with Gasteiger partial charge in [0, 0.05) is 12.1 Å². The second kappa shape index (κ2) is 12.2. The first-order chi connectivity index (χ1) is 14.9. The number of aromatic amines is 1. The van der Waals surface area contributed by atoms with Crippen molar-refractivity contribution < 1.29 is 9.53 Å². The van der Waals surface area contributed by atoms with E-state index in [0.717, 1.165) is 37.0 Å². The summed E-state index contributed by atoms with van der Waals surface area (Å²) in [5, 5.41) is 0. The van der Waals surface area contributed by atoms with Gasteiger partial charge >= 0.3 is 5.69 Å². The van der Waals surface area contributed by atoms with Gasteiger partial charge in [-0.2, -0.15) is 11.8 Å². The zero-order valence-corrected chi connectivity index (χ0v) is 19.3. The number of rotatable bonds is 12. The molecule has 0 radical (unpaired) electrons. The smallest absolute Gasteiger partial charge is 0.330 e. The SMILES string of the molecule is CCCCSCC(=O)N(Cc1ccccc1OC)c1c(N)n(CCCC)c(=O)[nH]c1=O. The lowest BCUT2D eigenvalue weighted by molar-refractivity contribution is -0.116. The quantitative estimate of drug-likeness (QED) is 0.483. The molecule has 0 atom stereocenters. The molecule has 1 amide bonds. The topological polar surface area (TPSA) is 110 Å². The van der Waals surface area contributed by atoms with Crippen LogP contribution in [0.2, 0.25) is 0 Å². The molecule has 0 bridgehead atoms. The summed E-state index contributed by atoms with van der Waals surface area (Å²) >= 11 is 1.52. The maximum Gasteiger partial charge on any atom is 0.330 e. The van der Waals surface area contributed by atoms with Crippen molar-refractivity contribution in [3.8, 4) is 5.75 Å². The maximum atomic E-state index is 13.2. The molecule has 31 heavy (non-hydrogen) atoms. The van der Waals surface area contributed by atoms with E-state index in [1.165, 1.54) is 21.2 Å². The van der Waals surface area contributed by atoms with E-state index in [1.807, 2.05) is 25.1 Å². The second-order valence-corrected chi connectivity index (χ2v) is 8.30. The number of hydrogen-bond acceptors (Lipinski definition) is 6. The van der Waals surface area contributed by atoms with Crippen LogP contribution in [0.25, 0.3) is 0 Å². The van der Waals surface area contributed by atoms with E-state index in [-0.39, 0.29) is 29.7 Å². The largest absolute Gasteiger partial charge is 0.496 e. The first kappa shape index (κ1) is 24.6. The summed E-state index contributed by atoms with van der Waals surface area (Å²) in [6.45, 7) is 4.57. The van der Waals surface area contributed by atoms with Gasteiger partial charge < -0.3 is 10.5 Å². The predicted octanol–water partition coefficient (Wildman–Crippen LogP) is 2.99. The molecule has 0 saturated heterocycles. The zero-order valence-electron chi connectivity index (χ0n) is 18.5. The van der Waals surface area contributed by atoms with Crippen LogP contribution in [0.3, 0.4) is 0 Å². The fourth-order valence-corrected chi connectivity index (χ4v) is 4.12. The molecule has 0 unspecified atom stereocenters. The van der Waals surface area contributed by atoms with Crippen LogP contribution in [0.5, 0.6) is 5.75 Å². The van der Waals surface area contributed by atoms with Crippen molar-refractivity contribution in [1.29, 1.82) is 0 Å². The molecular formula is C22H32N4O4S. The summed E-state index contributed by atoms with van der Waals surface area (Å²) in [6, 6.07) is 7.30. The minimum absolute atomic E-state index is 0.00250. The van der Waals surface area contributed by atoms with E-state index < -0.39 is 11.2 Å². The van der Waals surface area contributed by atoms with Crippen LogP contribution in [0.15, 0.2) is 33.9 Å². The van der Waals surface area contributed by atoms with Gasteiger partial charge in [0.15, 0.2) is 5.69 Å². The molecule has 0 saturated carbocycles. The molecular weight excluding hydrogens is 416 g/mol. The van der Waals surface area contributed by atoms with E-state index in [0.29, 0.717) is 12.3 Å². The highest BCUT2D eigenvalue weighted by molar-refractivity contribution is 7.99. The van der Waals surface area contributed by atoms with Crippen LogP contribution >= 0.6 is 11.8 Å². The second-order valence-electron chi connectivity index (χ2n) is 7.20. The molecule has 2 rings (SSSR count). The minimum atomic E-state index is -0.669. The number of nitrogens with two attached hydrogens (primary N) is 1. The van der Waals surface area contributed by atoms with Crippen LogP contribution in [0.4, 0.5) is 11.5 Å². The van der Waals surface area contributed by atoms with Gasteiger partial charge in [-0.1, -0.05) is 44.9 Å². The third kappa shape index (κ3) is 6.40. The monoisotopic (exact) mass is 448 g/mol. The highest BCUT2D eigenvalue weighted by atomic mass is 32.2. The Morgan fingerprint density at radius 3 is 2.58 bits per heavy atom. The molecule has 170 valence electrons. The van der Waals surface area contributed by atoms with E-state index in [9.17, 15) is 14.4 Å². The summed E-state index contributed by atoms with van der Waals surface area (Å²) in [5.41, 5.74) is 5.78. The van der Waals surface area contributed by atoms with Crippen molar-refractivity contribution in [2.75, 3.05) is 29.2 Å². The summed E-state index contributed by atoms with van der Waals surface area (Å²) < 4.78 is 6.74. The Bertz CT molecular complexity index is 986. The van der Waals surface area contributed by atoms with Crippen LogP contribution in [-0.2, 0) is 17.9 Å². The lowest BCUT2D eigenvalue weighted by Gasteiger charge is -2.25. The van der Waals surface area contributed by atoms with Crippen LogP contribution in [0.1, 0.15) is 45.1 Å². The standard InChI is InChI=1S/C22H32N4O4S/c1-4-6-12-25-20(23)19(21(28)24-22(25)29)26(18(27)15-31-13-7-5-2)14-16-10-8-9-11-17(16)30-3/h8-11H,4-7,12-15,23H2,1-3H3,(H,24,28,29). The van der Waals surface area contributed by atoms with E-state index >= 15 is 0 Å². The number of anilines is 2. The van der Waals surface area contributed by atoms with Crippen LogP contribution in [0, 0.1) is 0 Å². The Balaban J connectivity index is 2.50. The lowest BCUT2D eigenvalue weighted by Crippen LogP contribution is -2.41. The molecule has 9 heteroatoms. The molecule has 0 fully saturated rings. The van der Waals surface area contributed by atoms with Crippen molar-refractivity contribution in [3.05, 3.63) is 50.7 Å². The summed E-state index contributed by atoms with van der Waals surface area (Å²) in [7, 11) is 1.55. The molecule has 1 heterocycles. The summed E-state index contributed by atoms with van der Waals surface area (Å²) in [4.78, 5) is 42.0. The molecule has 2 aromatic rings. The number of thioether (sulfide) groups is 1. The molecule has 0 aliphatic heterocycles. The molecule has 1 aromatic heterocycles. The van der Waals surface area contributed by atoms with Gasteiger partial charge in [-0.25, -0.2) is 4.79 Å². The normalized spacial score (nSPS) is 10.8. The number of hydrogen-bond donors (Lipinski definition) is 2. The molecule has 0 aliphatic rings. The Hall–Kier alpha value is -2.68. The van der Waals surface area contributed by atoms with Gasteiger partial charge in [0.05, 0.1) is 19.4 Å². The summed E-state index contributed by atoms with van der Waals surface area (Å²) in [6.07, 6.45) is 3.64. The van der Waals surface area contributed by atoms with Gasteiger partial charge in [0.1, 0.15) is 11.6 Å². The third-order valence-corrected chi connectivity index (χ3v) is 5.94. The fourth-order valence-electron chi connectivity index (χ4n) is 3.16. The number of carbonyl (C=O) groups is 1. The Labute approximate surface area is 186 Å². The fraction of sp³-hybridized carbons (Fsp3) is 0.500. The number of nitrogen functional groups attached to an aromatic ring is 1. The molecule has 0 spiro atoms. The van der Waals surface area contributed by atoms with Crippen molar-refractivity contribution in [2.45, 2.75) is 52.6 Å². The number of methoxy groups -OCH3 is 1. The number of nitrogens with one attached hydrogen (secondary N) is 1. The molecule has 8 nitrogen and oxygen atoms in total. The molecule has 1 aromatic carbocycles. The Kier molecular flexibility index (Phi) is 9.71. The summed E-state index contributed by atoms with van der Waals surface area (Å²) in [5.74, 6) is 1.43. The highest BCUT2D eigenvalue weighted by Crippen LogP contribution is 2.25. The van der Waals surface area contributed by atoms with E-state index in [2.05, 4.69) is 11.9 Å². The minimum Gasteiger partial charge on any atom is -0.496 e. The number of nitrogens with zero attached hydrogens (tertiary/aromatic N) is 2. The number of carbonyl (C=O) groups excluding carboxylic acids is 1. The van der Waals surface area contributed by atoms with Crippen molar-refractivity contribution in [1.82, 2.24) is 9.55 Å². The van der Waals surface area contributed by atoms with Gasteiger partial charge in [-0.15, -0.1) is 0 Å². The van der Waals surface area contributed by atoms with Crippen LogP contribution < -0.4 is 26.6 Å². The van der Waals surface area contributed by atoms with Crippen LogP contribution in [-0.4, -0.2) is 34.1 Å². The first-order valence-corrected chi connectivity index (χ1v) is 11.7. The van der Waals surface area contributed by atoms with Crippen molar-refractivity contribution >= 4 is 29.2 Å². The zero-order chi connectivity index (χ0) is 22.8. The van der Waals surface area contributed by atoms with E-state index in [1.54, 1.807) is 13.2 Å². The number of ether oxygens (including phenoxy) is 1. The number of H-pyrrole nitrogens is 1. The average molecular weight is 449 g/mol. The van der Waals surface area contributed by atoms with Crippen molar-refractivity contribution in [3.63, 3.8) is 0 Å². The number of aromatic nitrogens is 2. The molecule has 0 aliphatic carbocycles. The lowest BCUT2D eigenvalue weighted by atomic mass is 10.1. The maximum absolute atomic E-state index is 13.2. The van der Waals surface area contributed by atoms with E-state index in [4.69, 9.17) is 10.5 Å². The average Bonchev–Trinajstić information content (AvgIpc) is 2.76. The number of para-hydroxylation sites is 1. The van der Waals surface area contributed by atoms with Gasteiger partial charge in [0.2, 0.25) is 5.91 Å². The Morgan fingerprint density at radius 1 is 1.19 bits per heavy atom. The number of benzene rings is 1.